The normalized spacial score (nSPS) is 14.4. The summed E-state index contributed by atoms with van der Waals surface area (Å²) in [4.78, 5) is 12.4. The Hall–Kier alpha value is -1.76. The molecular weight excluding hydrogens is 300 g/mol. The molecule has 0 saturated heterocycles. The Balaban J connectivity index is 1.69. The highest BCUT2D eigenvalue weighted by Gasteiger charge is 2.23. The molecule has 1 aliphatic carbocycles. The van der Waals surface area contributed by atoms with Gasteiger partial charge in [0.25, 0.3) is 5.91 Å². The minimum absolute atomic E-state index is 0.245. The highest BCUT2D eigenvalue weighted by atomic mass is 32.1. The molecule has 3 rings (SSSR count). The highest BCUT2D eigenvalue weighted by Crippen LogP contribution is 2.25. The minimum Gasteiger partial charge on any atom is -0.360 e. The number of aryl methyl sites for hydroxylation is 2. The third-order valence-corrected chi connectivity index (χ3v) is 4.75. The van der Waals surface area contributed by atoms with Gasteiger partial charge in [-0.1, -0.05) is 36.3 Å². The molecule has 2 heterocycles. The van der Waals surface area contributed by atoms with Crippen LogP contribution in [0.15, 0.2) is 4.52 Å². The van der Waals surface area contributed by atoms with Gasteiger partial charge in [0.1, 0.15) is 10.8 Å². The third-order valence-electron chi connectivity index (χ3n) is 3.85. The molecule has 22 heavy (non-hydrogen) atoms. The van der Waals surface area contributed by atoms with Gasteiger partial charge in [-0.15, -0.1) is 10.2 Å². The molecule has 0 spiro atoms. The Bertz CT molecular complexity index is 650. The molecular formula is C15H20N4O2S. The van der Waals surface area contributed by atoms with E-state index in [1.807, 2.05) is 0 Å². The lowest BCUT2D eigenvalue weighted by molar-refractivity contribution is 0.101. The van der Waals surface area contributed by atoms with E-state index in [2.05, 4.69) is 27.6 Å². The second kappa shape index (κ2) is 7.00. The number of anilines is 1. The van der Waals surface area contributed by atoms with Crippen LogP contribution in [-0.2, 0) is 19.3 Å². The second-order valence-electron chi connectivity index (χ2n) is 5.55. The first kappa shape index (κ1) is 15.1. The molecule has 0 fully saturated rings. The topological polar surface area (TPSA) is 80.9 Å². The summed E-state index contributed by atoms with van der Waals surface area (Å²) < 4.78 is 5.34. The van der Waals surface area contributed by atoms with Gasteiger partial charge in [-0.25, -0.2) is 0 Å². The Morgan fingerprint density at radius 3 is 3.00 bits per heavy atom. The van der Waals surface area contributed by atoms with Crippen molar-refractivity contribution in [2.75, 3.05) is 5.32 Å². The molecule has 0 aliphatic heterocycles. The fourth-order valence-electron chi connectivity index (χ4n) is 2.63. The number of nitrogens with one attached hydrogen (secondary N) is 1. The number of unbranched alkanes of at least 4 members (excludes halogenated alkanes) is 1. The van der Waals surface area contributed by atoms with Crippen molar-refractivity contribution in [3.63, 3.8) is 0 Å². The molecule has 1 aliphatic rings. The maximum atomic E-state index is 12.4. The number of rotatable bonds is 5. The zero-order valence-electron chi connectivity index (χ0n) is 12.7. The first-order valence-electron chi connectivity index (χ1n) is 7.89. The summed E-state index contributed by atoms with van der Waals surface area (Å²) in [5.74, 6) is 0.619. The summed E-state index contributed by atoms with van der Waals surface area (Å²) in [7, 11) is 0. The molecule has 6 nitrogen and oxygen atoms in total. The molecule has 1 N–H and O–H groups in total. The van der Waals surface area contributed by atoms with Crippen molar-refractivity contribution < 1.29 is 9.32 Å². The van der Waals surface area contributed by atoms with E-state index in [0.717, 1.165) is 61.3 Å². The van der Waals surface area contributed by atoms with Gasteiger partial charge in [-0.2, -0.15) is 0 Å². The van der Waals surface area contributed by atoms with E-state index in [9.17, 15) is 4.79 Å². The van der Waals surface area contributed by atoms with Gasteiger partial charge >= 0.3 is 0 Å². The molecule has 2 aromatic heterocycles. The van der Waals surface area contributed by atoms with Crippen LogP contribution in [0.1, 0.15) is 65.8 Å². The first-order valence-corrected chi connectivity index (χ1v) is 8.70. The van der Waals surface area contributed by atoms with Crippen LogP contribution < -0.4 is 5.32 Å². The third kappa shape index (κ3) is 3.35. The lowest BCUT2D eigenvalue weighted by Gasteiger charge is -2.00. The number of nitrogens with zero attached hydrogens (tertiary/aromatic N) is 3. The maximum Gasteiger partial charge on any atom is 0.279 e. The van der Waals surface area contributed by atoms with Crippen LogP contribution in [-0.4, -0.2) is 21.3 Å². The van der Waals surface area contributed by atoms with Crippen molar-refractivity contribution in [1.29, 1.82) is 0 Å². The molecule has 1 amide bonds. The molecule has 2 aromatic rings. The molecule has 0 aromatic carbocycles. The SMILES string of the molecule is CCCCc1nnc(NC(=O)c2noc3c2CCCCC3)s1. The van der Waals surface area contributed by atoms with E-state index in [0.29, 0.717) is 10.8 Å². The maximum absolute atomic E-state index is 12.4. The van der Waals surface area contributed by atoms with Gasteiger partial charge in [0.15, 0.2) is 5.69 Å². The van der Waals surface area contributed by atoms with Crippen molar-refractivity contribution in [3.05, 3.63) is 22.0 Å². The molecule has 0 atom stereocenters. The van der Waals surface area contributed by atoms with Crippen molar-refractivity contribution in [2.24, 2.45) is 0 Å². The van der Waals surface area contributed by atoms with E-state index >= 15 is 0 Å². The largest absolute Gasteiger partial charge is 0.360 e. The molecule has 0 saturated carbocycles. The zero-order valence-corrected chi connectivity index (χ0v) is 13.5. The Kier molecular flexibility index (Phi) is 4.82. The van der Waals surface area contributed by atoms with Crippen molar-refractivity contribution in [2.45, 2.75) is 58.3 Å². The number of hydrogen-bond donors (Lipinski definition) is 1. The number of hydrogen-bond acceptors (Lipinski definition) is 6. The smallest absolute Gasteiger partial charge is 0.279 e. The predicted molar refractivity (Wildman–Crippen MR) is 84.2 cm³/mol. The van der Waals surface area contributed by atoms with Gasteiger partial charge in [-0.05, 0) is 25.7 Å². The van der Waals surface area contributed by atoms with Gasteiger partial charge < -0.3 is 4.52 Å². The number of amides is 1. The number of fused-ring (bicyclic) bond motifs is 1. The average molecular weight is 320 g/mol. The highest BCUT2D eigenvalue weighted by molar-refractivity contribution is 7.15. The van der Waals surface area contributed by atoms with Gasteiger partial charge in [0.2, 0.25) is 5.13 Å². The molecule has 0 unspecified atom stereocenters. The lowest BCUT2D eigenvalue weighted by atomic mass is 10.1. The van der Waals surface area contributed by atoms with Crippen LogP contribution in [0, 0.1) is 0 Å². The lowest BCUT2D eigenvalue weighted by Crippen LogP contribution is -2.14. The zero-order chi connectivity index (χ0) is 15.4. The van der Waals surface area contributed by atoms with E-state index < -0.39 is 0 Å². The molecule has 0 bridgehead atoms. The summed E-state index contributed by atoms with van der Waals surface area (Å²) in [5, 5.41) is 16.4. The monoisotopic (exact) mass is 320 g/mol. The molecule has 0 radical (unpaired) electrons. The van der Waals surface area contributed by atoms with Crippen LogP contribution in [0.4, 0.5) is 5.13 Å². The molecule has 118 valence electrons. The van der Waals surface area contributed by atoms with E-state index in [1.54, 1.807) is 0 Å². The summed E-state index contributed by atoms with van der Waals surface area (Å²) in [5.41, 5.74) is 1.37. The fraction of sp³-hybridized carbons (Fsp3) is 0.600. The van der Waals surface area contributed by atoms with Crippen molar-refractivity contribution in [3.8, 4) is 0 Å². The Morgan fingerprint density at radius 2 is 2.14 bits per heavy atom. The Morgan fingerprint density at radius 1 is 1.27 bits per heavy atom. The van der Waals surface area contributed by atoms with Crippen molar-refractivity contribution >= 4 is 22.4 Å². The quantitative estimate of drug-likeness (QED) is 0.854. The molecule has 7 heteroatoms. The first-order chi connectivity index (χ1) is 10.8. The van der Waals surface area contributed by atoms with Crippen LogP contribution >= 0.6 is 11.3 Å². The number of aromatic nitrogens is 3. The fourth-order valence-corrected chi connectivity index (χ4v) is 3.41. The second-order valence-corrected chi connectivity index (χ2v) is 6.61. The standard InChI is InChI=1S/C15H20N4O2S/c1-2-3-9-12-17-18-15(22-12)16-14(20)13-10-7-5-4-6-8-11(10)21-19-13/h2-9H2,1H3,(H,16,18,20). The van der Waals surface area contributed by atoms with Gasteiger partial charge in [0.05, 0.1) is 0 Å². The predicted octanol–water partition coefficient (Wildman–Crippen LogP) is 3.39. The van der Waals surface area contributed by atoms with E-state index in [1.165, 1.54) is 17.8 Å². The van der Waals surface area contributed by atoms with Crippen LogP contribution in [0.5, 0.6) is 0 Å². The minimum atomic E-state index is -0.245. The van der Waals surface area contributed by atoms with Crippen molar-refractivity contribution in [1.82, 2.24) is 15.4 Å². The summed E-state index contributed by atoms with van der Waals surface area (Å²) in [6.07, 6.45) is 8.18. The van der Waals surface area contributed by atoms with Crippen LogP contribution in [0.3, 0.4) is 0 Å². The van der Waals surface area contributed by atoms with Crippen LogP contribution in [0.25, 0.3) is 0 Å². The summed E-state index contributed by atoms with van der Waals surface area (Å²) in [6, 6.07) is 0. The number of carbonyl (C=O) groups is 1. The number of carbonyl (C=O) groups excluding carboxylic acids is 1. The average Bonchev–Trinajstić information content (AvgIpc) is 3.06. The van der Waals surface area contributed by atoms with Gasteiger partial charge in [-0.3, -0.25) is 10.1 Å². The summed E-state index contributed by atoms with van der Waals surface area (Å²) in [6.45, 7) is 2.14. The Labute approximate surface area is 133 Å². The summed E-state index contributed by atoms with van der Waals surface area (Å²) >= 11 is 1.43. The van der Waals surface area contributed by atoms with E-state index in [4.69, 9.17) is 4.52 Å². The van der Waals surface area contributed by atoms with E-state index in [-0.39, 0.29) is 5.91 Å². The van der Waals surface area contributed by atoms with Gasteiger partial charge in [0, 0.05) is 18.4 Å². The van der Waals surface area contributed by atoms with Crippen LogP contribution in [0.2, 0.25) is 0 Å².